The molecule has 0 fully saturated rings. The smallest absolute Gasteiger partial charge is 0.128 e. The monoisotopic (exact) mass is 179 g/mol. The molecule has 13 heavy (non-hydrogen) atoms. The van der Waals surface area contributed by atoms with E-state index in [9.17, 15) is 0 Å². The lowest BCUT2D eigenvalue weighted by Gasteiger charge is -2.15. The molecule has 3 nitrogen and oxygen atoms in total. The van der Waals surface area contributed by atoms with Crippen molar-refractivity contribution in [2.45, 2.75) is 13.3 Å². The minimum atomic E-state index is 0.659. The van der Waals surface area contributed by atoms with Crippen molar-refractivity contribution in [2.24, 2.45) is 5.73 Å². The number of rotatable bonds is 4. The number of pyridine rings is 1. The number of aromatic nitrogens is 1. The first-order chi connectivity index (χ1) is 6.27. The number of nitrogens with two attached hydrogens (primary N) is 1. The molecule has 0 atom stereocenters. The summed E-state index contributed by atoms with van der Waals surface area (Å²) in [5.74, 6) is 1.02. The van der Waals surface area contributed by atoms with E-state index in [1.807, 2.05) is 25.2 Å². The van der Waals surface area contributed by atoms with E-state index in [-0.39, 0.29) is 0 Å². The van der Waals surface area contributed by atoms with E-state index in [4.69, 9.17) is 5.73 Å². The Labute approximate surface area is 79.6 Å². The Morgan fingerprint density at radius 1 is 1.46 bits per heavy atom. The van der Waals surface area contributed by atoms with Crippen molar-refractivity contribution in [3.63, 3.8) is 0 Å². The van der Waals surface area contributed by atoms with Gasteiger partial charge in [0.1, 0.15) is 5.82 Å². The van der Waals surface area contributed by atoms with E-state index in [1.165, 1.54) is 0 Å². The van der Waals surface area contributed by atoms with Crippen LogP contribution in [0.4, 0.5) is 5.82 Å². The van der Waals surface area contributed by atoms with E-state index in [0.717, 1.165) is 24.5 Å². The van der Waals surface area contributed by atoms with Gasteiger partial charge in [-0.05, 0) is 25.6 Å². The first kappa shape index (κ1) is 9.99. The highest BCUT2D eigenvalue weighted by Crippen LogP contribution is 2.09. The standard InChI is InChI=1S/C10H17N3/c1-3-13(2)10-6-4-5-9(12-10)7-8-11/h4-6H,3,7-8,11H2,1-2H3. The number of hydrogen-bond donors (Lipinski definition) is 1. The van der Waals surface area contributed by atoms with Crippen molar-refractivity contribution < 1.29 is 0 Å². The number of nitrogens with zero attached hydrogens (tertiary/aromatic N) is 2. The summed E-state index contributed by atoms with van der Waals surface area (Å²) in [4.78, 5) is 6.59. The van der Waals surface area contributed by atoms with E-state index in [0.29, 0.717) is 6.54 Å². The van der Waals surface area contributed by atoms with Crippen molar-refractivity contribution in [3.05, 3.63) is 23.9 Å². The van der Waals surface area contributed by atoms with Crippen LogP contribution in [-0.4, -0.2) is 25.1 Å². The molecule has 72 valence electrons. The van der Waals surface area contributed by atoms with E-state index in [2.05, 4.69) is 16.8 Å². The molecular formula is C10H17N3. The Hall–Kier alpha value is -1.09. The van der Waals surface area contributed by atoms with Crippen LogP contribution in [0.2, 0.25) is 0 Å². The van der Waals surface area contributed by atoms with Gasteiger partial charge in [-0.3, -0.25) is 0 Å². The van der Waals surface area contributed by atoms with Crippen molar-refractivity contribution in [1.82, 2.24) is 4.98 Å². The van der Waals surface area contributed by atoms with Crippen LogP contribution >= 0.6 is 0 Å². The van der Waals surface area contributed by atoms with Gasteiger partial charge < -0.3 is 10.6 Å². The minimum absolute atomic E-state index is 0.659. The fraction of sp³-hybridized carbons (Fsp3) is 0.500. The van der Waals surface area contributed by atoms with Gasteiger partial charge in [-0.1, -0.05) is 6.07 Å². The molecule has 0 amide bonds. The van der Waals surface area contributed by atoms with Crippen molar-refractivity contribution in [3.8, 4) is 0 Å². The third-order valence-corrected chi connectivity index (χ3v) is 2.06. The zero-order chi connectivity index (χ0) is 9.68. The third kappa shape index (κ3) is 2.70. The second-order valence-electron chi connectivity index (χ2n) is 3.04. The minimum Gasteiger partial charge on any atom is -0.360 e. The average Bonchev–Trinajstić information content (AvgIpc) is 2.18. The van der Waals surface area contributed by atoms with E-state index >= 15 is 0 Å². The molecular weight excluding hydrogens is 162 g/mol. The maximum Gasteiger partial charge on any atom is 0.128 e. The number of hydrogen-bond acceptors (Lipinski definition) is 3. The molecule has 0 saturated heterocycles. The van der Waals surface area contributed by atoms with Crippen LogP contribution in [-0.2, 0) is 6.42 Å². The third-order valence-electron chi connectivity index (χ3n) is 2.06. The summed E-state index contributed by atoms with van der Waals surface area (Å²) in [6, 6.07) is 6.06. The van der Waals surface area contributed by atoms with Gasteiger partial charge in [0.05, 0.1) is 0 Å². The summed E-state index contributed by atoms with van der Waals surface area (Å²) in [5, 5.41) is 0. The lowest BCUT2D eigenvalue weighted by atomic mass is 10.2. The van der Waals surface area contributed by atoms with Gasteiger partial charge >= 0.3 is 0 Å². The van der Waals surface area contributed by atoms with Crippen LogP contribution in [0.15, 0.2) is 18.2 Å². The fourth-order valence-electron chi connectivity index (χ4n) is 1.13. The molecule has 0 bridgehead atoms. The molecule has 2 N–H and O–H groups in total. The van der Waals surface area contributed by atoms with Crippen LogP contribution < -0.4 is 10.6 Å². The molecule has 0 saturated carbocycles. The molecule has 0 aliphatic heterocycles. The van der Waals surface area contributed by atoms with Gasteiger partial charge in [-0.25, -0.2) is 4.98 Å². The van der Waals surface area contributed by atoms with Gasteiger partial charge in [0.25, 0.3) is 0 Å². The summed E-state index contributed by atoms with van der Waals surface area (Å²) in [6.45, 7) is 3.74. The topological polar surface area (TPSA) is 42.1 Å². The Morgan fingerprint density at radius 2 is 2.23 bits per heavy atom. The molecule has 1 aromatic rings. The van der Waals surface area contributed by atoms with Gasteiger partial charge in [0, 0.05) is 25.7 Å². The largest absolute Gasteiger partial charge is 0.360 e. The van der Waals surface area contributed by atoms with E-state index in [1.54, 1.807) is 0 Å². The normalized spacial score (nSPS) is 10.1. The molecule has 0 unspecified atom stereocenters. The second-order valence-corrected chi connectivity index (χ2v) is 3.04. The zero-order valence-electron chi connectivity index (χ0n) is 8.33. The predicted molar refractivity (Wildman–Crippen MR) is 55.9 cm³/mol. The van der Waals surface area contributed by atoms with Crippen LogP contribution in [0.1, 0.15) is 12.6 Å². The molecule has 0 spiro atoms. The van der Waals surface area contributed by atoms with Crippen LogP contribution in [0.3, 0.4) is 0 Å². The molecule has 1 aromatic heterocycles. The molecule has 1 rings (SSSR count). The highest BCUT2D eigenvalue weighted by molar-refractivity contribution is 5.37. The first-order valence-electron chi connectivity index (χ1n) is 4.65. The molecule has 3 heteroatoms. The van der Waals surface area contributed by atoms with Crippen LogP contribution in [0.5, 0.6) is 0 Å². The molecule has 0 aromatic carbocycles. The van der Waals surface area contributed by atoms with Crippen molar-refractivity contribution >= 4 is 5.82 Å². The van der Waals surface area contributed by atoms with Gasteiger partial charge in [-0.15, -0.1) is 0 Å². The highest BCUT2D eigenvalue weighted by atomic mass is 15.2. The maximum atomic E-state index is 5.47. The quantitative estimate of drug-likeness (QED) is 0.751. The van der Waals surface area contributed by atoms with Gasteiger partial charge in [-0.2, -0.15) is 0 Å². The first-order valence-corrected chi connectivity index (χ1v) is 4.65. The maximum absolute atomic E-state index is 5.47. The van der Waals surface area contributed by atoms with Crippen LogP contribution in [0.25, 0.3) is 0 Å². The van der Waals surface area contributed by atoms with Crippen LogP contribution in [0, 0.1) is 0 Å². The Balaban J connectivity index is 2.78. The van der Waals surface area contributed by atoms with Crippen molar-refractivity contribution in [1.29, 1.82) is 0 Å². The SMILES string of the molecule is CCN(C)c1cccc(CCN)n1. The number of anilines is 1. The lowest BCUT2D eigenvalue weighted by Crippen LogP contribution is -2.17. The zero-order valence-corrected chi connectivity index (χ0v) is 8.33. The van der Waals surface area contributed by atoms with Gasteiger partial charge in [0.2, 0.25) is 0 Å². The van der Waals surface area contributed by atoms with E-state index < -0.39 is 0 Å². The Morgan fingerprint density at radius 3 is 2.85 bits per heavy atom. The Kier molecular flexibility index (Phi) is 3.71. The highest BCUT2D eigenvalue weighted by Gasteiger charge is 2.00. The average molecular weight is 179 g/mol. The summed E-state index contributed by atoms with van der Waals surface area (Å²) in [7, 11) is 2.04. The summed E-state index contributed by atoms with van der Waals surface area (Å²) in [6.07, 6.45) is 0.853. The summed E-state index contributed by atoms with van der Waals surface area (Å²) < 4.78 is 0. The second kappa shape index (κ2) is 4.82. The molecule has 0 aliphatic rings. The predicted octanol–water partition coefficient (Wildman–Crippen LogP) is 1.04. The Bertz CT molecular complexity index is 260. The molecule has 0 radical (unpaired) electrons. The van der Waals surface area contributed by atoms with Gasteiger partial charge in [0.15, 0.2) is 0 Å². The van der Waals surface area contributed by atoms with Crippen molar-refractivity contribution in [2.75, 3.05) is 25.0 Å². The molecule has 0 aliphatic carbocycles. The fourth-order valence-corrected chi connectivity index (χ4v) is 1.13. The summed E-state index contributed by atoms with van der Waals surface area (Å²) >= 11 is 0. The lowest BCUT2D eigenvalue weighted by molar-refractivity contribution is 0.887. The molecule has 1 heterocycles. The summed E-state index contributed by atoms with van der Waals surface area (Å²) in [5.41, 5.74) is 6.54.